The number of hydrogen-bond acceptors (Lipinski definition) is 3. The summed E-state index contributed by atoms with van der Waals surface area (Å²) in [5.41, 5.74) is 8.96. The number of aromatic nitrogens is 1. The first-order chi connectivity index (χ1) is 8.59. The monoisotopic (exact) mass is 242 g/mol. The van der Waals surface area contributed by atoms with Crippen molar-refractivity contribution in [3.63, 3.8) is 0 Å². The zero-order valence-corrected chi connectivity index (χ0v) is 10.1. The van der Waals surface area contributed by atoms with Crippen LogP contribution in [0.15, 0.2) is 18.2 Å². The molecular weight excluding hydrogens is 228 g/mol. The maximum absolute atomic E-state index is 11.3. The molecule has 1 fully saturated rings. The van der Waals surface area contributed by atoms with E-state index >= 15 is 0 Å². The number of carboxylic acid groups (broad SMARTS) is 1. The van der Waals surface area contributed by atoms with Crippen LogP contribution >= 0.6 is 0 Å². The molecule has 1 aromatic heterocycles. The van der Waals surface area contributed by atoms with E-state index in [-0.39, 0.29) is 5.56 Å². The molecule has 0 atom stereocenters. The van der Waals surface area contributed by atoms with E-state index < -0.39 is 5.97 Å². The van der Waals surface area contributed by atoms with Crippen molar-refractivity contribution in [1.29, 1.82) is 0 Å². The van der Waals surface area contributed by atoms with Crippen LogP contribution in [0, 0.1) is 6.92 Å². The summed E-state index contributed by atoms with van der Waals surface area (Å²) in [6.45, 7) is 1.68. The molecule has 1 heterocycles. The molecule has 1 saturated carbocycles. The van der Waals surface area contributed by atoms with Gasteiger partial charge < -0.3 is 10.8 Å². The van der Waals surface area contributed by atoms with Gasteiger partial charge in [-0.2, -0.15) is 0 Å². The summed E-state index contributed by atoms with van der Waals surface area (Å²) in [6.07, 6.45) is 2.30. The minimum Gasteiger partial charge on any atom is -0.478 e. The second-order valence-electron chi connectivity index (χ2n) is 4.81. The Bertz CT molecular complexity index is 660. The Morgan fingerprint density at radius 3 is 2.78 bits per heavy atom. The van der Waals surface area contributed by atoms with Crippen molar-refractivity contribution >= 4 is 22.6 Å². The van der Waals surface area contributed by atoms with E-state index in [0.717, 1.165) is 29.3 Å². The van der Waals surface area contributed by atoms with Crippen molar-refractivity contribution in [2.24, 2.45) is 0 Å². The van der Waals surface area contributed by atoms with Gasteiger partial charge in [0.15, 0.2) is 0 Å². The molecule has 0 radical (unpaired) electrons. The second kappa shape index (κ2) is 3.70. The van der Waals surface area contributed by atoms with Gasteiger partial charge >= 0.3 is 5.97 Å². The lowest BCUT2D eigenvalue weighted by atomic mass is 9.99. The summed E-state index contributed by atoms with van der Waals surface area (Å²) in [4.78, 5) is 15.6. The standard InChI is InChI=1S/C14H14N2O2/c1-7-11(14(17)18)13(15)12-9(8-5-6-8)3-2-4-10(12)16-7/h2-4,8H,5-6H2,1H3,(H2,15,16)(H,17,18). The molecule has 1 aliphatic rings. The van der Waals surface area contributed by atoms with E-state index in [1.807, 2.05) is 18.2 Å². The summed E-state index contributed by atoms with van der Waals surface area (Å²) in [7, 11) is 0. The van der Waals surface area contributed by atoms with E-state index in [1.54, 1.807) is 6.92 Å². The number of carbonyl (C=O) groups is 1. The number of rotatable bonds is 2. The average molecular weight is 242 g/mol. The molecule has 2 aromatic rings. The van der Waals surface area contributed by atoms with Crippen LogP contribution in [0.2, 0.25) is 0 Å². The molecule has 92 valence electrons. The first-order valence-corrected chi connectivity index (χ1v) is 6.01. The smallest absolute Gasteiger partial charge is 0.339 e. The Morgan fingerprint density at radius 1 is 1.44 bits per heavy atom. The van der Waals surface area contributed by atoms with Gasteiger partial charge in [0.2, 0.25) is 0 Å². The van der Waals surface area contributed by atoms with Gasteiger partial charge in [0.25, 0.3) is 0 Å². The zero-order chi connectivity index (χ0) is 12.9. The summed E-state index contributed by atoms with van der Waals surface area (Å²) in [5, 5.41) is 10.1. The molecule has 0 amide bonds. The number of nitrogens with zero attached hydrogens (tertiary/aromatic N) is 1. The molecular formula is C14H14N2O2. The fourth-order valence-corrected chi connectivity index (χ4v) is 2.51. The molecule has 0 unspecified atom stereocenters. The van der Waals surface area contributed by atoms with Gasteiger partial charge in [-0.15, -0.1) is 0 Å². The van der Waals surface area contributed by atoms with Crippen LogP contribution < -0.4 is 5.73 Å². The number of fused-ring (bicyclic) bond motifs is 1. The van der Waals surface area contributed by atoms with Gasteiger partial charge in [0, 0.05) is 5.39 Å². The molecule has 1 aliphatic carbocycles. The van der Waals surface area contributed by atoms with E-state index in [2.05, 4.69) is 4.98 Å². The lowest BCUT2D eigenvalue weighted by Gasteiger charge is -2.12. The molecule has 0 bridgehead atoms. The van der Waals surface area contributed by atoms with Crippen molar-refractivity contribution in [1.82, 2.24) is 4.98 Å². The number of nitrogen functional groups attached to an aromatic ring is 1. The summed E-state index contributed by atoms with van der Waals surface area (Å²) < 4.78 is 0. The number of aromatic carboxylic acids is 1. The summed E-state index contributed by atoms with van der Waals surface area (Å²) in [5.74, 6) is -0.493. The largest absolute Gasteiger partial charge is 0.478 e. The number of benzene rings is 1. The highest BCUT2D eigenvalue weighted by atomic mass is 16.4. The summed E-state index contributed by atoms with van der Waals surface area (Å²) in [6, 6.07) is 5.87. The lowest BCUT2D eigenvalue weighted by molar-refractivity contribution is 0.0697. The van der Waals surface area contributed by atoms with E-state index in [4.69, 9.17) is 5.73 Å². The highest BCUT2D eigenvalue weighted by Gasteiger charge is 2.27. The molecule has 18 heavy (non-hydrogen) atoms. The van der Waals surface area contributed by atoms with Crippen molar-refractivity contribution in [2.45, 2.75) is 25.7 Å². The zero-order valence-electron chi connectivity index (χ0n) is 10.1. The van der Waals surface area contributed by atoms with Crippen LogP contribution in [0.1, 0.15) is 40.4 Å². The lowest BCUT2D eigenvalue weighted by Crippen LogP contribution is -2.08. The number of hydrogen-bond donors (Lipinski definition) is 2. The van der Waals surface area contributed by atoms with Crippen LogP contribution in [-0.2, 0) is 0 Å². The average Bonchev–Trinajstić information content (AvgIpc) is 3.11. The maximum Gasteiger partial charge on any atom is 0.339 e. The van der Waals surface area contributed by atoms with Crippen LogP contribution in [0.5, 0.6) is 0 Å². The second-order valence-corrected chi connectivity index (χ2v) is 4.81. The van der Waals surface area contributed by atoms with Gasteiger partial charge in [-0.05, 0) is 37.3 Å². The van der Waals surface area contributed by atoms with E-state index in [9.17, 15) is 9.90 Å². The third-order valence-electron chi connectivity index (χ3n) is 3.49. The molecule has 1 aromatic carbocycles. The predicted molar refractivity (Wildman–Crippen MR) is 69.8 cm³/mol. The third kappa shape index (κ3) is 1.53. The fourth-order valence-electron chi connectivity index (χ4n) is 2.51. The molecule has 4 heteroatoms. The Kier molecular flexibility index (Phi) is 2.26. The SMILES string of the molecule is Cc1nc2cccc(C3CC3)c2c(N)c1C(=O)O. The predicted octanol–water partition coefficient (Wildman–Crippen LogP) is 2.70. The number of pyridine rings is 1. The Balaban J connectivity index is 2.40. The molecule has 4 nitrogen and oxygen atoms in total. The molecule has 3 rings (SSSR count). The maximum atomic E-state index is 11.3. The van der Waals surface area contributed by atoms with Gasteiger partial charge in [0.1, 0.15) is 5.56 Å². The van der Waals surface area contributed by atoms with Crippen LogP contribution in [0.3, 0.4) is 0 Å². The Hall–Kier alpha value is -2.10. The highest BCUT2D eigenvalue weighted by Crippen LogP contribution is 2.44. The first kappa shape index (κ1) is 11.0. The van der Waals surface area contributed by atoms with Crippen molar-refractivity contribution < 1.29 is 9.90 Å². The molecule has 0 aliphatic heterocycles. The fraction of sp³-hybridized carbons (Fsp3) is 0.286. The number of aryl methyl sites for hydroxylation is 1. The minimum absolute atomic E-state index is 0.135. The van der Waals surface area contributed by atoms with Crippen LogP contribution in [-0.4, -0.2) is 16.1 Å². The van der Waals surface area contributed by atoms with Gasteiger partial charge in [-0.1, -0.05) is 12.1 Å². The van der Waals surface area contributed by atoms with E-state index in [0.29, 0.717) is 17.3 Å². The number of nitrogens with two attached hydrogens (primary N) is 1. The van der Waals surface area contributed by atoms with Crippen LogP contribution in [0.4, 0.5) is 5.69 Å². The van der Waals surface area contributed by atoms with Crippen molar-refractivity contribution in [3.8, 4) is 0 Å². The van der Waals surface area contributed by atoms with Crippen molar-refractivity contribution in [2.75, 3.05) is 5.73 Å². The van der Waals surface area contributed by atoms with Gasteiger partial charge in [0.05, 0.1) is 16.9 Å². The highest BCUT2D eigenvalue weighted by molar-refractivity contribution is 6.05. The normalized spacial score (nSPS) is 14.9. The van der Waals surface area contributed by atoms with Crippen LogP contribution in [0.25, 0.3) is 10.9 Å². The third-order valence-corrected chi connectivity index (χ3v) is 3.49. The Labute approximate surface area is 104 Å². The van der Waals surface area contributed by atoms with Gasteiger partial charge in [-0.3, -0.25) is 4.98 Å². The minimum atomic E-state index is -1.01. The summed E-state index contributed by atoms with van der Waals surface area (Å²) >= 11 is 0. The number of anilines is 1. The number of carboxylic acids is 1. The first-order valence-electron chi connectivity index (χ1n) is 6.01. The van der Waals surface area contributed by atoms with Crippen molar-refractivity contribution in [3.05, 3.63) is 35.0 Å². The quantitative estimate of drug-likeness (QED) is 0.848. The molecule has 0 saturated heterocycles. The topological polar surface area (TPSA) is 76.2 Å². The molecule has 0 spiro atoms. The Morgan fingerprint density at radius 2 is 2.17 bits per heavy atom. The molecule has 3 N–H and O–H groups in total. The van der Waals surface area contributed by atoms with E-state index in [1.165, 1.54) is 0 Å². The van der Waals surface area contributed by atoms with Gasteiger partial charge in [-0.25, -0.2) is 4.79 Å².